The highest BCUT2D eigenvalue weighted by Gasteiger charge is 2.27. The first kappa shape index (κ1) is 21.0. The number of carbonyl (C=O) groups excluding carboxylic acids is 1. The van der Waals surface area contributed by atoms with E-state index >= 15 is 0 Å². The molecule has 28 heavy (non-hydrogen) atoms. The molecule has 1 aliphatic carbocycles. The van der Waals surface area contributed by atoms with Crippen LogP contribution in [0.4, 0.5) is 0 Å². The maximum Gasteiger partial charge on any atom is 0.278 e. The monoisotopic (exact) mass is 395 g/mol. The molecule has 0 saturated carbocycles. The average molecular weight is 395 g/mol. The van der Waals surface area contributed by atoms with Crippen LogP contribution in [0.1, 0.15) is 73.5 Å². The average Bonchev–Trinajstić information content (AvgIpc) is 3.14. The fraction of sp³-hybridized carbons (Fsp3) is 0.591. The van der Waals surface area contributed by atoms with Crippen molar-refractivity contribution in [1.82, 2.24) is 10.3 Å². The van der Waals surface area contributed by atoms with E-state index in [-0.39, 0.29) is 18.7 Å². The number of hydrogen-bond donors (Lipinski definition) is 1. The number of rotatable bonds is 9. The van der Waals surface area contributed by atoms with E-state index in [4.69, 9.17) is 5.26 Å². The summed E-state index contributed by atoms with van der Waals surface area (Å²) in [6.45, 7) is 2.25. The number of fused-ring (bicyclic) bond motifs is 1. The minimum Gasteiger partial charge on any atom is -0.346 e. The molecule has 2 heterocycles. The molecule has 1 amide bonds. The Balaban J connectivity index is 1.42. The zero-order valence-corrected chi connectivity index (χ0v) is 17.6. The van der Waals surface area contributed by atoms with Crippen molar-refractivity contribution in [3.63, 3.8) is 0 Å². The van der Waals surface area contributed by atoms with Crippen molar-refractivity contribution in [3.8, 4) is 5.97 Å². The summed E-state index contributed by atoms with van der Waals surface area (Å²) in [5.74, 6) is 3.48. The maximum atomic E-state index is 12.6. The number of unbranched alkanes of at least 4 members (excludes halogenated alkanes) is 4. The van der Waals surface area contributed by atoms with Gasteiger partial charge in [-0.3, -0.25) is 9.78 Å². The van der Waals surface area contributed by atoms with Crippen LogP contribution in [-0.4, -0.2) is 34.6 Å². The first-order valence-corrected chi connectivity index (χ1v) is 11.7. The van der Waals surface area contributed by atoms with Crippen LogP contribution in [0.25, 0.3) is 0 Å². The first-order chi connectivity index (χ1) is 13.7. The van der Waals surface area contributed by atoms with Gasteiger partial charge < -0.3 is 5.32 Å². The summed E-state index contributed by atoms with van der Waals surface area (Å²) in [7, 11) is 0. The molecule has 1 aromatic rings. The van der Waals surface area contributed by atoms with Gasteiger partial charge in [0.2, 0.25) is 0 Å². The van der Waals surface area contributed by atoms with E-state index in [9.17, 15) is 4.79 Å². The number of carbonyl (C=O) groups is 1. The van der Waals surface area contributed by atoms with Crippen molar-refractivity contribution in [2.45, 2.75) is 75.8 Å². The number of hydrogen-bond acceptors (Lipinski definition) is 4. The van der Waals surface area contributed by atoms with Gasteiger partial charge in [-0.25, -0.2) is 5.26 Å². The Hall–Kier alpha value is -1.74. The third kappa shape index (κ3) is 5.88. The molecule has 0 saturated heterocycles. The van der Waals surface area contributed by atoms with Crippen LogP contribution in [0, 0.1) is 11.2 Å². The van der Waals surface area contributed by atoms with Gasteiger partial charge in [-0.2, -0.15) is 11.8 Å². The van der Waals surface area contributed by atoms with Crippen LogP contribution in [-0.2, 0) is 12.6 Å². The fourth-order valence-corrected chi connectivity index (χ4v) is 5.11. The van der Waals surface area contributed by atoms with Crippen LogP contribution in [0.5, 0.6) is 0 Å². The molecule has 0 aromatic carbocycles. The molecule has 1 aromatic heterocycles. The molecule has 1 aliphatic heterocycles. The molecule has 0 spiro atoms. The summed E-state index contributed by atoms with van der Waals surface area (Å²) >= 11 is 2.05. The number of nitrogens with zero attached hydrogens (tertiary/aromatic N) is 2. The van der Waals surface area contributed by atoms with Crippen molar-refractivity contribution < 1.29 is 4.79 Å². The van der Waals surface area contributed by atoms with E-state index < -0.39 is 0 Å². The second-order valence-corrected chi connectivity index (χ2v) is 9.28. The molecule has 1 N–H and O–H groups in total. The molecule has 6 heteroatoms. The van der Waals surface area contributed by atoms with E-state index in [2.05, 4.69) is 47.1 Å². The highest BCUT2D eigenvalue weighted by Crippen LogP contribution is 2.25. The third-order valence-corrected chi connectivity index (χ3v) is 6.97. The molecular formula is C22H30BN3OS. The highest BCUT2D eigenvalue weighted by molar-refractivity contribution is 8.00. The lowest BCUT2D eigenvalue weighted by Gasteiger charge is -2.23. The van der Waals surface area contributed by atoms with E-state index in [0.717, 1.165) is 24.1 Å². The first-order valence-electron chi connectivity index (χ1n) is 10.7. The van der Waals surface area contributed by atoms with Crippen molar-refractivity contribution in [3.05, 3.63) is 41.2 Å². The van der Waals surface area contributed by atoms with Gasteiger partial charge in [0.15, 0.2) is 0 Å². The Kier molecular flexibility index (Phi) is 8.03. The van der Waals surface area contributed by atoms with E-state index in [1.54, 1.807) is 6.20 Å². The molecule has 2 aliphatic rings. The molecule has 0 fully saturated rings. The molecule has 2 atom stereocenters. The van der Waals surface area contributed by atoms with Gasteiger partial charge in [-0.05, 0) is 49.3 Å². The molecule has 2 unspecified atom stereocenters. The van der Waals surface area contributed by atoms with Crippen molar-refractivity contribution in [2.75, 3.05) is 5.75 Å². The van der Waals surface area contributed by atoms with Crippen molar-refractivity contribution in [2.24, 2.45) is 0 Å². The van der Waals surface area contributed by atoms with Crippen LogP contribution < -0.4 is 5.32 Å². The lowest BCUT2D eigenvalue weighted by atomic mass is 9.49. The molecule has 3 rings (SSSR count). The molecular weight excluding hydrogens is 365 g/mol. The number of nitrogens with one attached hydrogen (secondary N) is 1. The van der Waals surface area contributed by atoms with Gasteiger partial charge in [0, 0.05) is 29.2 Å². The molecule has 0 bridgehead atoms. The minimum atomic E-state index is -0.0626. The van der Waals surface area contributed by atoms with Crippen LogP contribution in [0.15, 0.2) is 24.4 Å². The summed E-state index contributed by atoms with van der Waals surface area (Å²) in [6.07, 6.45) is 16.3. The van der Waals surface area contributed by atoms with Gasteiger partial charge in [0.1, 0.15) is 0 Å². The van der Waals surface area contributed by atoms with Gasteiger partial charge >= 0.3 is 0 Å². The number of amides is 1. The van der Waals surface area contributed by atoms with Crippen molar-refractivity contribution in [1.29, 1.82) is 5.26 Å². The summed E-state index contributed by atoms with van der Waals surface area (Å²) in [4.78, 5) is 17.0. The van der Waals surface area contributed by atoms with E-state index in [1.165, 1.54) is 37.9 Å². The molecule has 0 radical (unpaired) electrons. The minimum absolute atomic E-state index is 0.00293. The Morgan fingerprint density at radius 2 is 2.14 bits per heavy atom. The van der Waals surface area contributed by atoms with Crippen molar-refractivity contribution >= 4 is 24.4 Å². The Labute approximate surface area is 173 Å². The SMILES string of the molecule is CCCCCCCSC1C=CC(NC(=O)c2cnc3c(c2)CB(C#N)C3)CC1. The van der Waals surface area contributed by atoms with Crippen LogP contribution in [0.3, 0.4) is 0 Å². The summed E-state index contributed by atoms with van der Waals surface area (Å²) in [5.41, 5.74) is 2.62. The summed E-state index contributed by atoms with van der Waals surface area (Å²) in [6, 6.07) is 2.02. The second-order valence-electron chi connectivity index (χ2n) is 7.93. The van der Waals surface area contributed by atoms with Gasteiger partial charge in [0.05, 0.1) is 5.56 Å². The standard InChI is InChI=1S/C22H30BN3OS/c1-2-3-4-5-6-11-28-20-9-7-19(8-10-20)26-22(27)18-12-17-13-23(16-24)14-21(17)25-15-18/h7,9,12,15,19-20H,2-6,8,10-11,13-14H2,1H3,(H,26,27). The predicted molar refractivity (Wildman–Crippen MR) is 118 cm³/mol. The lowest BCUT2D eigenvalue weighted by molar-refractivity contribution is 0.0941. The van der Waals surface area contributed by atoms with Crippen LogP contribution >= 0.6 is 11.8 Å². The Morgan fingerprint density at radius 3 is 2.89 bits per heavy atom. The topological polar surface area (TPSA) is 65.8 Å². The normalized spacial score (nSPS) is 20.6. The number of aromatic nitrogens is 1. The Morgan fingerprint density at radius 1 is 1.29 bits per heavy atom. The fourth-order valence-electron chi connectivity index (χ4n) is 3.93. The summed E-state index contributed by atoms with van der Waals surface area (Å²) < 4.78 is 0. The van der Waals surface area contributed by atoms with E-state index in [1.807, 2.05) is 6.07 Å². The molecule has 4 nitrogen and oxygen atoms in total. The van der Waals surface area contributed by atoms with Crippen LogP contribution in [0.2, 0.25) is 0 Å². The number of pyridine rings is 1. The smallest absolute Gasteiger partial charge is 0.278 e. The van der Waals surface area contributed by atoms with Gasteiger partial charge in [0.25, 0.3) is 12.6 Å². The maximum absolute atomic E-state index is 12.6. The zero-order chi connectivity index (χ0) is 19.8. The largest absolute Gasteiger partial charge is 0.346 e. The van der Waals surface area contributed by atoms with Gasteiger partial charge in [-0.15, -0.1) is 0 Å². The van der Waals surface area contributed by atoms with Gasteiger partial charge in [-0.1, -0.05) is 44.8 Å². The number of nitriles is 1. The quantitative estimate of drug-likeness (QED) is 0.384. The van der Waals surface area contributed by atoms with E-state index in [0.29, 0.717) is 23.5 Å². The lowest BCUT2D eigenvalue weighted by Crippen LogP contribution is -2.35. The highest BCUT2D eigenvalue weighted by atomic mass is 32.2. The predicted octanol–water partition coefficient (Wildman–Crippen LogP) is 4.34. The Bertz CT molecular complexity index is 746. The molecule has 148 valence electrons. The summed E-state index contributed by atoms with van der Waals surface area (Å²) in [5, 5.41) is 12.8. The number of thioether (sulfide) groups is 1. The second kappa shape index (κ2) is 10.7. The zero-order valence-electron chi connectivity index (χ0n) is 16.8. The third-order valence-electron chi connectivity index (χ3n) is 5.63.